The van der Waals surface area contributed by atoms with Crippen molar-refractivity contribution in [2.75, 3.05) is 23.3 Å². The van der Waals surface area contributed by atoms with E-state index >= 15 is 0 Å². The molecule has 1 aliphatic rings. The lowest BCUT2D eigenvalue weighted by Crippen LogP contribution is -2.44. The molecular weight excluding hydrogens is 350 g/mol. The van der Waals surface area contributed by atoms with Crippen molar-refractivity contribution in [2.24, 2.45) is 5.92 Å². The molecule has 2 unspecified atom stereocenters. The van der Waals surface area contributed by atoms with Gasteiger partial charge in [-0.25, -0.2) is 0 Å². The molecule has 156 valence electrons. The standard InChI is InChI=1S/C23H37N3O2/c1-4-6-7-8-12-19(5-2)23(28)24-18(3)22(27)25-20-13-11-14-21(17-20)26-15-9-10-16-26/h11,13-14,17-19H,4-10,12,15-16H2,1-3H3,(H,24,28)(H,25,27). The van der Waals surface area contributed by atoms with Crippen molar-refractivity contribution in [3.63, 3.8) is 0 Å². The Kier molecular flexibility index (Phi) is 9.32. The van der Waals surface area contributed by atoms with Crippen molar-refractivity contribution in [1.82, 2.24) is 5.32 Å². The highest BCUT2D eigenvalue weighted by atomic mass is 16.2. The first-order valence-corrected chi connectivity index (χ1v) is 11.0. The Balaban J connectivity index is 1.84. The summed E-state index contributed by atoms with van der Waals surface area (Å²) in [5.41, 5.74) is 1.92. The fourth-order valence-electron chi connectivity index (χ4n) is 3.74. The molecule has 0 bridgehead atoms. The molecule has 1 fully saturated rings. The average Bonchev–Trinajstić information content (AvgIpc) is 3.23. The summed E-state index contributed by atoms with van der Waals surface area (Å²) in [6.45, 7) is 8.12. The molecule has 2 atom stereocenters. The van der Waals surface area contributed by atoms with Gasteiger partial charge in [0.2, 0.25) is 11.8 Å². The number of hydrogen-bond acceptors (Lipinski definition) is 3. The van der Waals surface area contributed by atoms with Gasteiger partial charge in [0.1, 0.15) is 6.04 Å². The van der Waals surface area contributed by atoms with Crippen molar-refractivity contribution < 1.29 is 9.59 Å². The van der Waals surface area contributed by atoms with Crippen LogP contribution in [0.15, 0.2) is 24.3 Å². The van der Waals surface area contributed by atoms with E-state index in [0.717, 1.165) is 43.7 Å². The summed E-state index contributed by atoms with van der Waals surface area (Å²) >= 11 is 0. The third kappa shape index (κ3) is 6.84. The van der Waals surface area contributed by atoms with Crippen LogP contribution < -0.4 is 15.5 Å². The second-order valence-electron chi connectivity index (χ2n) is 7.92. The summed E-state index contributed by atoms with van der Waals surface area (Å²) in [4.78, 5) is 27.4. The number of rotatable bonds is 11. The fourth-order valence-corrected chi connectivity index (χ4v) is 3.74. The first-order chi connectivity index (χ1) is 13.5. The summed E-state index contributed by atoms with van der Waals surface area (Å²) in [5.74, 6) is -0.189. The van der Waals surface area contributed by atoms with Crippen LogP contribution in [0.3, 0.4) is 0 Å². The second kappa shape index (κ2) is 11.7. The van der Waals surface area contributed by atoms with E-state index in [2.05, 4.69) is 28.5 Å². The van der Waals surface area contributed by atoms with Crippen molar-refractivity contribution in [3.8, 4) is 0 Å². The number of hydrogen-bond donors (Lipinski definition) is 2. The first kappa shape index (κ1) is 22.3. The Labute approximate surface area is 170 Å². The maximum Gasteiger partial charge on any atom is 0.246 e. The Bertz CT molecular complexity index is 626. The van der Waals surface area contributed by atoms with Crippen LogP contribution in [0.2, 0.25) is 0 Å². The van der Waals surface area contributed by atoms with E-state index in [1.165, 1.54) is 32.1 Å². The molecule has 0 aliphatic carbocycles. The van der Waals surface area contributed by atoms with Crippen molar-refractivity contribution in [1.29, 1.82) is 0 Å². The third-order valence-corrected chi connectivity index (χ3v) is 5.61. The van der Waals surface area contributed by atoms with E-state index in [0.29, 0.717) is 0 Å². The quantitative estimate of drug-likeness (QED) is 0.540. The predicted octanol–water partition coefficient (Wildman–Crippen LogP) is 4.73. The Morgan fingerprint density at radius 3 is 2.50 bits per heavy atom. The molecule has 1 aliphatic heterocycles. The van der Waals surface area contributed by atoms with Gasteiger partial charge in [-0.15, -0.1) is 0 Å². The predicted molar refractivity (Wildman–Crippen MR) is 117 cm³/mol. The molecule has 2 N–H and O–H groups in total. The number of benzene rings is 1. The number of nitrogens with zero attached hydrogens (tertiary/aromatic N) is 1. The minimum absolute atomic E-state index is 0.00698. The molecule has 0 spiro atoms. The molecule has 28 heavy (non-hydrogen) atoms. The van der Waals surface area contributed by atoms with Crippen LogP contribution in [0.4, 0.5) is 11.4 Å². The number of nitrogens with one attached hydrogen (secondary N) is 2. The summed E-state index contributed by atoms with van der Waals surface area (Å²) in [6, 6.07) is 7.41. The van der Waals surface area contributed by atoms with E-state index < -0.39 is 6.04 Å². The Hall–Kier alpha value is -2.04. The van der Waals surface area contributed by atoms with Crippen LogP contribution in [0.5, 0.6) is 0 Å². The van der Waals surface area contributed by atoms with Gasteiger partial charge in [-0.05, 0) is 50.8 Å². The maximum atomic E-state index is 12.6. The van der Waals surface area contributed by atoms with Gasteiger partial charge in [0.05, 0.1) is 0 Å². The van der Waals surface area contributed by atoms with E-state index in [1.54, 1.807) is 6.92 Å². The zero-order valence-corrected chi connectivity index (χ0v) is 17.8. The zero-order valence-electron chi connectivity index (χ0n) is 17.8. The van der Waals surface area contributed by atoms with Crippen LogP contribution in [0, 0.1) is 5.92 Å². The van der Waals surface area contributed by atoms with Gasteiger partial charge in [-0.3, -0.25) is 9.59 Å². The number of unbranched alkanes of at least 4 members (excludes halogenated alkanes) is 3. The molecule has 5 heteroatoms. The highest BCUT2D eigenvalue weighted by Gasteiger charge is 2.21. The number of amides is 2. The minimum atomic E-state index is -0.548. The van der Waals surface area contributed by atoms with Gasteiger partial charge in [0.25, 0.3) is 0 Å². The number of carbonyl (C=O) groups excluding carboxylic acids is 2. The van der Waals surface area contributed by atoms with Gasteiger partial charge in [-0.2, -0.15) is 0 Å². The van der Waals surface area contributed by atoms with Crippen molar-refractivity contribution in [2.45, 2.75) is 78.2 Å². The average molecular weight is 388 g/mol. The molecule has 1 saturated heterocycles. The van der Waals surface area contributed by atoms with Crippen LogP contribution in [-0.4, -0.2) is 30.9 Å². The van der Waals surface area contributed by atoms with E-state index in [-0.39, 0.29) is 17.7 Å². The monoisotopic (exact) mass is 387 g/mol. The smallest absolute Gasteiger partial charge is 0.246 e. The van der Waals surface area contributed by atoms with Gasteiger partial charge in [0, 0.05) is 30.4 Å². The zero-order chi connectivity index (χ0) is 20.4. The molecule has 1 aromatic carbocycles. The summed E-state index contributed by atoms with van der Waals surface area (Å²) in [7, 11) is 0. The van der Waals surface area contributed by atoms with Crippen molar-refractivity contribution >= 4 is 23.2 Å². The third-order valence-electron chi connectivity index (χ3n) is 5.61. The summed E-state index contributed by atoms with van der Waals surface area (Å²) < 4.78 is 0. The van der Waals surface area contributed by atoms with Gasteiger partial charge in [0.15, 0.2) is 0 Å². The molecule has 1 aromatic rings. The normalized spacial score (nSPS) is 15.9. The summed E-state index contributed by atoms with van der Waals surface area (Å²) in [6.07, 6.45) is 8.80. The van der Waals surface area contributed by atoms with E-state index in [1.807, 2.05) is 25.1 Å². The largest absolute Gasteiger partial charge is 0.371 e. The molecular formula is C23H37N3O2. The lowest BCUT2D eigenvalue weighted by molar-refractivity contribution is -0.129. The molecule has 0 aromatic heterocycles. The summed E-state index contributed by atoms with van der Waals surface area (Å²) in [5, 5.41) is 5.85. The molecule has 0 saturated carbocycles. The Morgan fingerprint density at radius 1 is 1.07 bits per heavy atom. The van der Waals surface area contributed by atoms with Gasteiger partial charge in [-0.1, -0.05) is 45.6 Å². The lowest BCUT2D eigenvalue weighted by atomic mass is 9.97. The van der Waals surface area contributed by atoms with Crippen LogP contribution >= 0.6 is 0 Å². The molecule has 0 radical (unpaired) electrons. The SMILES string of the molecule is CCCCCCC(CC)C(=O)NC(C)C(=O)Nc1cccc(N2CCCC2)c1. The Morgan fingerprint density at radius 2 is 1.82 bits per heavy atom. The van der Waals surface area contributed by atoms with E-state index in [9.17, 15) is 9.59 Å². The minimum Gasteiger partial charge on any atom is -0.371 e. The van der Waals surface area contributed by atoms with Crippen molar-refractivity contribution in [3.05, 3.63) is 24.3 Å². The highest BCUT2D eigenvalue weighted by Crippen LogP contribution is 2.23. The highest BCUT2D eigenvalue weighted by molar-refractivity contribution is 5.97. The number of anilines is 2. The van der Waals surface area contributed by atoms with Crippen LogP contribution in [0.1, 0.15) is 72.1 Å². The lowest BCUT2D eigenvalue weighted by Gasteiger charge is -2.20. The second-order valence-corrected chi connectivity index (χ2v) is 7.92. The molecule has 2 amide bonds. The maximum absolute atomic E-state index is 12.6. The molecule has 2 rings (SSSR count). The van der Waals surface area contributed by atoms with Gasteiger partial charge >= 0.3 is 0 Å². The number of carbonyl (C=O) groups is 2. The first-order valence-electron chi connectivity index (χ1n) is 11.0. The van der Waals surface area contributed by atoms with Gasteiger partial charge < -0.3 is 15.5 Å². The fraction of sp³-hybridized carbons (Fsp3) is 0.652. The topological polar surface area (TPSA) is 61.4 Å². The van der Waals surface area contributed by atoms with E-state index in [4.69, 9.17) is 0 Å². The molecule has 5 nitrogen and oxygen atoms in total. The van der Waals surface area contributed by atoms with Crippen LogP contribution in [0.25, 0.3) is 0 Å². The molecule has 1 heterocycles. The van der Waals surface area contributed by atoms with Crippen LogP contribution in [-0.2, 0) is 9.59 Å².